The Morgan fingerprint density at radius 2 is 1.65 bits per heavy atom. The monoisotopic (exact) mass is 661 g/mol. The predicted molar refractivity (Wildman–Crippen MR) is 61.0 cm³/mol. The standard InChI is InChI=1S/C13H16.Ra.Rb.2Y/c1-3-7-12(8-4-1)11-13-9-5-2-6-10-13;;;;/h1,5-6,9-10,12H,3-4,7-8,11H2;;;;/q-2;;;;. The van der Waals surface area contributed by atoms with E-state index in [0.717, 1.165) is 5.92 Å². The summed E-state index contributed by atoms with van der Waals surface area (Å²) in [6, 6.07) is 11.5. The van der Waals surface area contributed by atoms with E-state index in [1.54, 1.807) is 0 Å². The molecule has 1 aliphatic carbocycles. The zero-order chi connectivity index (χ0) is 8.93. The van der Waals surface area contributed by atoms with Crippen molar-refractivity contribution in [1.29, 1.82) is 0 Å². The normalized spacial score (nSPS) is 14.4. The Morgan fingerprint density at radius 3 is 2.18 bits per heavy atom. The molecular weight excluding hydrogens is 645 g/mol. The van der Waals surface area contributed by atoms with Crippen molar-refractivity contribution in [1.82, 2.24) is 0 Å². The molecule has 0 N–H and O–H groups in total. The van der Waals surface area contributed by atoms with Gasteiger partial charge in [0.05, 0.1) is 0 Å². The van der Waals surface area contributed by atoms with Gasteiger partial charge in [-0.05, 0) is 12.3 Å². The molecule has 0 nitrogen and oxygen atoms in total. The second kappa shape index (κ2) is 17.1. The number of benzene rings is 1. The first kappa shape index (κ1) is 26.6. The first-order valence-corrected chi connectivity index (χ1v) is 5.22. The topological polar surface area (TPSA) is 0 Å². The Labute approximate surface area is 242 Å². The van der Waals surface area contributed by atoms with Crippen molar-refractivity contribution in [3.8, 4) is 0 Å². The molecule has 1 aliphatic rings. The second-order valence-corrected chi connectivity index (χ2v) is 3.92. The first-order valence-electron chi connectivity index (χ1n) is 5.22. The summed E-state index contributed by atoms with van der Waals surface area (Å²) in [7, 11) is 0. The van der Waals surface area contributed by atoms with Crippen LogP contribution in [-0.2, 0) is 71.8 Å². The van der Waals surface area contributed by atoms with E-state index < -0.39 is 0 Å². The van der Waals surface area contributed by atoms with Crippen LogP contribution in [0.25, 0.3) is 0 Å². The fraction of sp³-hybridized carbons (Fsp3) is 0.462. The van der Waals surface area contributed by atoms with Gasteiger partial charge in [0, 0.05) is 169 Å². The molecule has 1 fully saturated rings. The summed E-state index contributed by atoms with van der Waals surface area (Å²) in [5, 5.41) is 0. The average molecular weight is 662 g/mol. The number of hydrogen-bond acceptors (Lipinski definition) is 0. The Bertz CT molecular complexity index is 251. The minimum atomic E-state index is 0. The van der Waals surface area contributed by atoms with E-state index in [1.807, 2.05) is 12.1 Å². The van der Waals surface area contributed by atoms with Gasteiger partial charge >= 0.3 is 0 Å². The van der Waals surface area contributed by atoms with Gasteiger partial charge in [-0.3, -0.25) is 0 Å². The minimum absolute atomic E-state index is 0. The molecule has 0 heterocycles. The molecule has 0 aromatic heterocycles. The van der Waals surface area contributed by atoms with Gasteiger partial charge in [-0.1, -0.05) is 12.8 Å². The second-order valence-electron chi connectivity index (χ2n) is 3.92. The molecule has 5 radical (unpaired) electrons. The summed E-state index contributed by atoms with van der Waals surface area (Å²) in [4.78, 5) is 0. The molecule has 79 valence electrons. The van der Waals surface area contributed by atoms with Gasteiger partial charge in [0.15, 0.2) is 0 Å². The van der Waals surface area contributed by atoms with Crippen LogP contribution in [0, 0.1) is 63.4 Å². The molecule has 17 heavy (non-hydrogen) atoms. The fourth-order valence-corrected chi connectivity index (χ4v) is 2.09. The van der Waals surface area contributed by atoms with Gasteiger partial charge in [0.2, 0.25) is 0 Å². The third-order valence-corrected chi connectivity index (χ3v) is 2.87. The quantitative estimate of drug-likeness (QED) is 0.428. The molecular formula is C13H16RaRbY2-2. The summed E-state index contributed by atoms with van der Waals surface area (Å²) in [6.45, 7) is 0. The molecule has 1 aromatic rings. The Balaban J connectivity index is -0.000000490. The Kier molecular flexibility index (Phi) is 26.7. The van der Waals surface area contributed by atoms with E-state index in [2.05, 4.69) is 24.6 Å². The van der Waals surface area contributed by atoms with Crippen LogP contribution in [0.2, 0.25) is 0 Å². The molecule has 2 rings (SSSR count). The van der Waals surface area contributed by atoms with E-state index in [-0.39, 0.29) is 169 Å². The van der Waals surface area contributed by atoms with Crippen molar-refractivity contribution >= 4 is 58.2 Å². The van der Waals surface area contributed by atoms with Gasteiger partial charge in [0.1, 0.15) is 0 Å². The molecule has 0 unspecified atom stereocenters. The van der Waals surface area contributed by atoms with Crippen molar-refractivity contribution in [2.24, 2.45) is 5.92 Å². The zero-order valence-corrected chi connectivity index (χ0v) is 27.3. The van der Waals surface area contributed by atoms with Crippen molar-refractivity contribution in [2.75, 3.05) is 0 Å². The zero-order valence-electron chi connectivity index (χ0n) is 10.9. The Morgan fingerprint density at radius 1 is 1.12 bits per heavy atom. The molecule has 1 saturated carbocycles. The van der Waals surface area contributed by atoms with E-state index >= 15 is 0 Å². The largest absolute Gasteiger partial charge is 0.328 e. The number of rotatable bonds is 2. The summed E-state index contributed by atoms with van der Waals surface area (Å²) in [5.41, 5.74) is 1.48. The summed E-state index contributed by atoms with van der Waals surface area (Å²) in [6.07, 6.45) is 9.11. The van der Waals surface area contributed by atoms with Gasteiger partial charge in [-0.15, -0.1) is 0 Å². The van der Waals surface area contributed by atoms with E-state index in [1.165, 1.54) is 37.7 Å². The molecule has 0 spiro atoms. The van der Waals surface area contributed by atoms with Crippen LogP contribution < -0.4 is 0 Å². The van der Waals surface area contributed by atoms with Crippen LogP contribution in [0.4, 0.5) is 0 Å². The molecule has 4 heteroatoms. The van der Waals surface area contributed by atoms with Crippen LogP contribution in [0.3, 0.4) is 0 Å². The molecule has 0 amide bonds. The molecule has 0 saturated heterocycles. The summed E-state index contributed by atoms with van der Waals surface area (Å²) >= 11 is 0. The molecule has 0 aliphatic heterocycles. The third kappa shape index (κ3) is 11.9. The van der Waals surface area contributed by atoms with Crippen LogP contribution in [0.15, 0.2) is 24.3 Å². The van der Waals surface area contributed by atoms with Gasteiger partial charge in [0.25, 0.3) is 0 Å². The maximum atomic E-state index is 3.06. The number of hydrogen-bond donors (Lipinski definition) is 0. The molecule has 0 atom stereocenters. The third-order valence-electron chi connectivity index (χ3n) is 2.87. The van der Waals surface area contributed by atoms with Crippen LogP contribution in [0.5, 0.6) is 0 Å². The Hall–Kier alpha value is 4.70. The van der Waals surface area contributed by atoms with Crippen LogP contribution >= 0.6 is 0 Å². The van der Waals surface area contributed by atoms with E-state index in [9.17, 15) is 0 Å². The van der Waals surface area contributed by atoms with Crippen LogP contribution in [0.1, 0.15) is 31.2 Å². The SMILES string of the molecule is [Ra].[Rb].[Y].[Y].[c-]1ccc(CC2CC[CH-]CC2)cc1. The summed E-state index contributed by atoms with van der Waals surface area (Å²) in [5.74, 6) is 0.924. The van der Waals surface area contributed by atoms with E-state index in [0.29, 0.717) is 0 Å². The van der Waals surface area contributed by atoms with Gasteiger partial charge < -0.3 is 6.42 Å². The molecule has 0 bridgehead atoms. The van der Waals surface area contributed by atoms with Crippen molar-refractivity contribution in [3.05, 3.63) is 42.3 Å². The van der Waals surface area contributed by atoms with Crippen molar-refractivity contribution in [3.63, 3.8) is 0 Å². The van der Waals surface area contributed by atoms with Crippen molar-refractivity contribution < 1.29 is 110 Å². The summed E-state index contributed by atoms with van der Waals surface area (Å²) < 4.78 is 0. The maximum absolute atomic E-state index is 3.06. The fourth-order valence-electron chi connectivity index (χ4n) is 2.09. The van der Waals surface area contributed by atoms with Gasteiger partial charge in [-0.2, -0.15) is 48.7 Å². The minimum Gasteiger partial charge on any atom is -0.328 e. The van der Waals surface area contributed by atoms with Gasteiger partial charge in [-0.25, -0.2) is 0 Å². The van der Waals surface area contributed by atoms with Crippen LogP contribution in [-0.4, -0.2) is 58.2 Å². The first-order chi connectivity index (χ1) is 6.45. The maximum Gasteiger partial charge on any atom is 0 e. The molecule has 1 aromatic carbocycles. The predicted octanol–water partition coefficient (Wildman–Crippen LogP) is 3.04. The smallest absolute Gasteiger partial charge is 0 e. The van der Waals surface area contributed by atoms with Crippen molar-refractivity contribution in [2.45, 2.75) is 32.1 Å². The van der Waals surface area contributed by atoms with E-state index in [4.69, 9.17) is 0 Å². The average Bonchev–Trinajstić information content (AvgIpc) is 2.21.